The van der Waals surface area contributed by atoms with Gasteiger partial charge in [-0.25, -0.2) is 0 Å². The molecule has 0 radical (unpaired) electrons. The first-order chi connectivity index (χ1) is 8.24. The molecule has 2 N–H and O–H groups in total. The van der Waals surface area contributed by atoms with Crippen LogP contribution in [0, 0.1) is 12.8 Å². The molecule has 1 aromatic carbocycles. The Bertz CT molecular complexity index is 541. The van der Waals surface area contributed by atoms with Gasteiger partial charge in [-0.05, 0) is 50.6 Å². The standard InChI is InChI=1S/C13H17N3O/c1-9-12-6-11(17)2-3-13(12)15-16(9)8-10-4-5-14-7-10/h2-3,6,10,14,17H,4-5,7-8H2,1H3. The monoisotopic (exact) mass is 231 g/mol. The first kappa shape index (κ1) is 10.6. The van der Waals surface area contributed by atoms with Gasteiger partial charge in [0.2, 0.25) is 0 Å². The zero-order chi connectivity index (χ0) is 11.8. The van der Waals surface area contributed by atoms with Crippen molar-refractivity contribution in [3.63, 3.8) is 0 Å². The number of rotatable bonds is 2. The fourth-order valence-corrected chi connectivity index (χ4v) is 2.54. The van der Waals surface area contributed by atoms with Gasteiger partial charge in [-0.15, -0.1) is 0 Å². The predicted molar refractivity (Wildman–Crippen MR) is 67.1 cm³/mol. The van der Waals surface area contributed by atoms with E-state index in [1.165, 1.54) is 6.42 Å². The van der Waals surface area contributed by atoms with Crippen LogP contribution in [0.1, 0.15) is 12.1 Å². The number of nitrogens with one attached hydrogen (secondary N) is 1. The normalized spacial score (nSPS) is 20.2. The van der Waals surface area contributed by atoms with E-state index in [0.29, 0.717) is 11.7 Å². The molecule has 1 saturated heterocycles. The van der Waals surface area contributed by atoms with Crippen molar-refractivity contribution in [2.75, 3.05) is 13.1 Å². The SMILES string of the molecule is Cc1c2cc(O)ccc2nn1CC1CCNC1. The van der Waals surface area contributed by atoms with Gasteiger partial charge in [0.15, 0.2) is 0 Å². The Morgan fingerprint density at radius 3 is 3.18 bits per heavy atom. The Hall–Kier alpha value is -1.55. The average molecular weight is 231 g/mol. The molecule has 0 amide bonds. The van der Waals surface area contributed by atoms with E-state index in [1.807, 2.05) is 6.07 Å². The van der Waals surface area contributed by atoms with Crippen molar-refractivity contribution in [1.82, 2.24) is 15.1 Å². The van der Waals surface area contributed by atoms with Crippen LogP contribution >= 0.6 is 0 Å². The molecule has 0 spiro atoms. The van der Waals surface area contributed by atoms with Crippen molar-refractivity contribution >= 4 is 10.9 Å². The molecule has 0 bridgehead atoms. The molecular weight excluding hydrogens is 214 g/mol. The largest absolute Gasteiger partial charge is 0.508 e. The Morgan fingerprint density at radius 1 is 1.53 bits per heavy atom. The van der Waals surface area contributed by atoms with Crippen LogP contribution in [0.5, 0.6) is 5.75 Å². The second-order valence-corrected chi connectivity index (χ2v) is 4.83. The fraction of sp³-hybridized carbons (Fsp3) is 0.462. The third-order valence-electron chi connectivity index (χ3n) is 3.58. The van der Waals surface area contributed by atoms with Crippen LogP contribution in [0.2, 0.25) is 0 Å². The third-order valence-corrected chi connectivity index (χ3v) is 3.58. The maximum Gasteiger partial charge on any atom is 0.116 e. The van der Waals surface area contributed by atoms with Crippen LogP contribution in [0.4, 0.5) is 0 Å². The molecule has 90 valence electrons. The second kappa shape index (κ2) is 4.04. The fourth-order valence-electron chi connectivity index (χ4n) is 2.54. The van der Waals surface area contributed by atoms with Crippen LogP contribution in [0.3, 0.4) is 0 Å². The molecule has 1 atom stereocenters. The molecule has 0 aliphatic carbocycles. The smallest absolute Gasteiger partial charge is 0.116 e. The third kappa shape index (κ3) is 1.89. The lowest BCUT2D eigenvalue weighted by Gasteiger charge is -2.09. The quantitative estimate of drug-likeness (QED) is 0.826. The van der Waals surface area contributed by atoms with Gasteiger partial charge in [-0.1, -0.05) is 0 Å². The van der Waals surface area contributed by atoms with Gasteiger partial charge in [-0.3, -0.25) is 4.68 Å². The summed E-state index contributed by atoms with van der Waals surface area (Å²) in [7, 11) is 0. The highest BCUT2D eigenvalue weighted by Crippen LogP contribution is 2.23. The van der Waals surface area contributed by atoms with E-state index in [0.717, 1.165) is 36.2 Å². The van der Waals surface area contributed by atoms with Gasteiger partial charge in [0.25, 0.3) is 0 Å². The van der Waals surface area contributed by atoms with E-state index in [9.17, 15) is 5.11 Å². The van der Waals surface area contributed by atoms with Crippen molar-refractivity contribution in [2.24, 2.45) is 5.92 Å². The summed E-state index contributed by atoms with van der Waals surface area (Å²) in [5.41, 5.74) is 2.11. The Labute approximate surface area is 100 Å². The number of aromatic hydroxyl groups is 1. The first-order valence-corrected chi connectivity index (χ1v) is 6.11. The number of nitrogens with zero attached hydrogens (tertiary/aromatic N) is 2. The van der Waals surface area contributed by atoms with Crippen molar-refractivity contribution in [2.45, 2.75) is 19.9 Å². The summed E-state index contributed by atoms with van der Waals surface area (Å²) in [6, 6.07) is 5.36. The number of hydrogen-bond acceptors (Lipinski definition) is 3. The Morgan fingerprint density at radius 2 is 2.41 bits per heavy atom. The molecule has 3 rings (SSSR count). The molecular formula is C13H17N3O. The van der Waals surface area contributed by atoms with Gasteiger partial charge >= 0.3 is 0 Å². The highest BCUT2D eigenvalue weighted by atomic mass is 16.3. The number of hydrogen-bond donors (Lipinski definition) is 2. The summed E-state index contributed by atoms with van der Waals surface area (Å²) >= 11 is 0. The van der Waals surface area contributed by atoms with Crippen LogP contribution < -0.4 is 5.32 Å². The lowest BCUT2D eigenvalue weighted by molar-refractivity contribution is 0.445. The zero-order valence-corrected chi connectivity index (χ0v) is 9.98. The van der Waals surface area contributed by atoms with Gasteiger partial charge in [0.05, 0.1) is 5.52 Å². The molecule has 1 unspecified atom stereocenters. The molecule has 1 aliphatic heterocycles. The number of benzene rings is 1. The highest BCUT2D eigenvalue weighted by molar-refractivity contribution is 5.82. The van der Waals surface area contributed by atoms with E-state index in [2.05, 4.69) is 22.0 Å². The minimum atomic E-state index is 0.308. The number of aryl methyl sites for hydroxylation is 1. The Kier molecular flexibility index (Phi) is 2.52. The van der Waals surface area contributed by atoms with E-state index in [-0.39, 0.29) is 0 Å². The minimum Gasteiger partial charge on any atom is -0.508 e. The molecule has 2 heterocycles. The summed E-state index contributed by atoms with van der Waals surface area (Å²) in [6.07, 6.45) is 1.22. The number of fused-ring (bicyclic) bond motifs is 1. The topological polar surface area (TPSA) is 50.1 Å². The summed E-state index contributed by atoms with van der Waals surface area (Å²) in [4.78, 5) is 0. The molecule has 0 saturated carbocycles. The van der Waals surface area contributed by atoms with E-state index >= 15 is 0 Å². The molecule has 1 fully saturated rings. The van der Waals surface area contributed by atoms with Crippen LogP contribution in [0.15, 0.2) is 18.2 Å². The highest BCUT2D eigenvalue weighted by Gasteiger charge is 2.17. The predicted octanol–water partition coefficient (Wildman–Crippen LogP) is 1.66. The number of phenolic OH excluding ortho intramolecular Hbond substituents is 1. The van der Waals surface area contributed by atoms with Gasteiger partial charge < -0.3 is 10.4 Å². The molecule has 4 heteroatoms. The second-order valence-electron chi connectivity index (χ2n) is 4.83. The van der Waals surface area contributed by atoms with Crippen molar-refractivity contribution < 1.29 is 5.11 Å². The van der Waals surface area contributed by atoms with Crippen molar-refractivity contribution in [3.8, 4) is 5.75 Å². The number of aromatic nitrogens is 2. The molecule has 1 aromatic heterocycles. The van der Waals surface area contributed by atoms with Crippen LogP contribution in [-0.2, 0) is 6.54 Å². The molecule has 17 heavy (non-hydrogen) atoms. The summed E-state index contributed by atoms with van der Waals surface area (Å²) in [5, 5.41) is 18.5. The molecule has 1 aliphatic rings. The average Bonchev–Trinajstić information content (AvgIpc) is 2.91. The molecule has 2 aromatic rings. The van der Waals surface area contributed by atoms with Crippen LogP contribution in [0.25, 0.3) is 10.9 Å². The first-order valence-electron chi connectivity index (χ1n) is 6.11. The van der Waals surface area contributed by atoms with Crippen LogP contribution in [-0.4, -0.2) is 28.0 Å². The van der Waals surface area contributed by atoms with Crippen molar-refractivity contribution in [1.29, 1.82) is 0 Å². The van der Waals surface area contributed by atoms with E-state index in [4.69, 9.17) is 0 Å². The maximum absolute atomic E-state index is 9.50. The number of phenols is 1. The molecule has 4 nitrogen and oxygen atoms in total. The minimum absolute atomic E-state index is 0.308. The van der Waals surface area contributed by atoms with E-state index in [1.54, 1.807) is 12.1 Å². The van der Waals surface area contributed by atoms with Crippen molar-refractivity contribution in [3.05, 3.63) is 23.9 Å². The maximum atomic E-state index is 9.50. The summed E-state index contributed by atoms with van der Waals surface area (Å²) in [6.45, 7) is 5.23. The van der Waals surface area contributed by atoms with E-state index < -0.39 is 0 Å². The summed E-state index contributed by atoms with van der Waals surface area (Å²) < 4.78 is 2.07. The zero-order valence-electron chi connectivity index (χ0n) is 9.98. The van der Waals surface area contributed by atoms with Gasteiger partial charge in [0, 0.05) is 17.6 Å². The lowest BCUT2D eigenvalue weighted by Crippen LogP contribution is -2.16. The Balaban J connectivity index is 1.96. The van der Waals surface area contributed by atoms with Gasteiger partial charge in [0.1, 0.15) is 5.75 Å². The lowest BCUT2D eigenvalue weighted by atomic mass is 10.1. The summed E-state index contributed by atoms with van der Waals surface area (Å²) in [5.74, 6) is 0.985. The van der Waals surface area contributed by atoms with Gasteiger partial charge in [-0.2, -0.15) is 5.10 Å².